The van der Waals surface area contributed by atoms with E-state index in [1.54, 1.807) is 0 Å². The average Bonchev–Trinajstić information content (AvgIpc) is 3.33. The number of aromatic nitrogens is 5. The van der Waals surface area contributed by atoms with E-state index in [1.807, 2.05) is 36.4 Å². The van der Waals surface area contributed by atoms with Crippen LogP contribution in [0.25, 0.3) is 22.8 Å². The Kier molecular flexibility index (Phi) is 5.45. The quantitative estimate of drug-likeness (QED) is 0.402. The van der Waals surface area contributed by atoms with Crippen molar-refractivity contribution in [3.63, 3.8) is 0 Å². The third-order valence-corrected chi connectivity index (χ3v) is 5.48. The van der Waals surface area contributed by atoms with E-state index in [2.05, 4.69) is 50.9 Å². The van der Waals surface area contributed by atoms with E-state index in [4.69, 9.17) is 16.1 Å². The summed E-state index contributed by atoms with van der Waals surface area (Å²) in [5.41, 5.74) is 3.08. The van der Waals surface area contributed by atoms with Gasteiger partial charge in [-0.2, -0.15) is 4.98 Å². The van der Waals surface area contributed by atoms with Crippen molar-refractivity contribution in [2.75, 3.05) is 0 Å². The van der Waals surface area contributed by atoms with Gasteiger partial charge in [0.15, 0.2) is 11.0 Å². The van der Waals surface area contributed by atoms with E-state index in [9.17, 15) is 0 Å². The molecule has 2 aromatic carbocycles. The molecular formula is C20H18ClN5OS. The summed E-state index contributed by atoms with van der Waals surface area (Å²) < 4.78 is 7.48. The van der Waals surface area contributed by atoms with Crippen molar-refractivity contribution >= 4 is 23.4 Å². The van der Waals surface area contributed by atoms with Crippen LogP contribution in [0.5, 0.6) is 0 Å². The Hall–Kier alpha value is -2.64. The second-order valence-electron chi connectivity index (χ2n) is 6.18. The molecule has 2 aromatic heterocycles. The fourth-order valence-electron chi connectivity index (χ4n) is 2.89. The number of thioether (sulfide) groups is 1. The number of rotatable bonds is 6. The maximum Gasteiger partial charge on any atom is 0.237 e. The first-order valence-electron chi connectivity index (χ1n) is 8.86. The third-order valence-electron chi connectivity index (χ3n) is 4.29. The standard InChI is InChI=1S/C20H18ClN5OS/c1-3-26-19(16-10-5-4-7-13(16)2)23-24-20(26)28-12-17-22-18(25-27-17)14-8-6-9-15(21)11-14/h4-11H,3,12H2,1-2H3. The molecule has 0 fully saturated rings. The van der Waals surface area contributed by atoms with E-state index < -0.39 is 0 Å². The fraction of sp³-hybridized carbons (Fsp3) is 0.200. The van der Waals surface area contributed by atoms with Gasteiger partial charge in [-0.15, -0.1) is 10.2 Å². The lowest BCUT2D eigenvalue weighted by Gasteiger charge is -2.08. The van der Waals surface area contributed by atoms with Gasteiger partial charge >= 0.3 is 0 Å². The summed E-state index contributed by atoms with van der Waals surface area (Å²) >= 11 is 7.56. The second-order valence-corrected chi connectivity index (χ2v) is 7.56. The van der Waals surface area contributed by atoms with E-state index in [0.717, 1.165) is 28.7 Å². The Balaban J connectivity index is 1.53. The molecule has 28 heavy (non-hydrogen) atoms. The van der Waals surface area contributed by atoms with Gasteiger partial charge in [0.25, 0.3) is 0 Å². The van der Waals surface area contributed by atoms with Crippen molar-refractivity contribution in [2.45, 2.75) is 31.3 Å². The van der Waals surface area contributed by atoms with Crippen LogP contribution in [-0.4, -0.2) is 24.9 Å². The predicted octanol–water partition coefficient (Wildman–Crippen LogP) is 5.27. The van der Waals surface area contributed by atoms with Gasteiger partial charge in [-0.1, -0.05) is 64.9 Å². The summed E-state index contributed by atoms with van der Waals surface area (Å²) in [7, 11) is 0. The molecule has 142 valence electrons. The van der Waals surface area contributed by atoms with Crippen molar-refractivity contribution in [3.05, 3.63) is 65.0 Å². The van der Waals surface area contributed by atoms with Crippen molar-refractivity contribution in [1.82, 2.24) is 24.9 Å². The van der Waals surface area contributed by atoms with Gasteiger partial charge < -0.3 is 9.09 Å². The van der Waals surface area contributed by atoms with Gasteiger partial charge in [-0.05, 0) is 31.5 Å². The van der Waals surface area contributed by atoms with Crippen LogP contribution in [0, 0.1) is 6.92 Å². The smallest absolute Gasteiger partial charge is 0.237 e. The molecule has 0 atom stereocenters. The Morgan fingerprint density at radius 2 is 1.96 bits per heavy atom. The Labute approximate surface area is 172 Å². The van der Waals surface area contributed by atoms with Crippen molar-refractivity contribution in [2.24, 2.45) is 0 Å². The number of halogens is 1. The predicted molar refractivity (Wildman–Crippen MR) is 110 cm³/mol. The number of nitrogens with zero attached hydrogens (tertiary/aromatic N) is 5. The number of hydrogen-bond donors (Lipinski definition) is 0. The Bertz CT molecular complexity index is 1110. The fourth-order valence-corrected chi connectivity index (χ4v) is 3.92. The highest BCUT2D eigenvalue weighted by Crippen LogP contribution is 2.28. The molecule has 0 aliphatic rings. The second kappa shape index (κ2) is 8.16. The van der Waals surface area contributed by atoms with Gasteiger partial charge in [-0.25, -0.2) is 0 Å². The van der Waals surface area contributed by atoms with Gasteiger partial charge in [0.05, 0.1) is 5.75 Å². The first-order valence-corrected chi connectivity index (χ1v) is 10.2. The molecular weight excluding hydrogens is 394 g/mol. The highest BCUT2D eigenvalue weighted by atomic mass is 35.5. The molecule has 0 saturated carbocycles. The van der Waals surface area contributed by atoms with Crippen molar-refractivity contribution < 1.29 is 4.52 Å². The summed E-state index contributed by atoms with van der Waals surface area (Å²) in [6, 6.07) is 15.6. The molecule has 6 nitrogen and oxygen atoms in total. The highest BCUT2D eigenvalue weighted by molar-refractivity contribution is 7.98. The van der Waals surface area contributed by atoms with E-state index in [0.29, 0.717) is 22.5 Å². The van der Waals surface area contributed by atoms with Crippen LogP contribution in [0.15, 0.2) is 58.2 Å². The van der Waals surface area contributed by atoms with Crippen LogP contribution in [0.1, 0.15) is 18.4 Å². The molecule has 0 aliphatic heterocycles. The largest absolute Gasteiger partial charge is 0.338 e. The minimum absolute atomic E-state index is 0.513. The lowest BCUT2D eigenvalue weighted by atomic mass is 10.1. The van der Waals surface area contributed by atoms with E-state index in [1.165, 1.54) is 17.3 Å². The molecule has 0 N–H and O–H groups in total. The van der Waals surface area contributed by atoms with Crippen LogP contribution in [0.3, 0.4) is 0 Å². The van der Waals surface area contributed by atoms with E-state index >= 15 is 0 Å². The number of benzene rings is 2. The molecule has 0 aliphatic carbocycles. The Morgan fingerprint density at radius 3 is 2.75 bits per heavy atom. The lowest BCUT2D eigenvalue weighted by molar-refractivity contribution is 0.391. The number of aryl methyl sites for hydroxylation is 1. The van der Waals surface area contributed by atoms with Crippen LogP contribution in [0.4, 0.5) is 0 Å². The van der Waals surface area contributed by atoms with Crippen LogP contribution in [-0.2, 0) is 12.3 Å². The molecule has 0 radical (unpaired) electrons. The van der Waals surface area contributed by atoms with Gasteiger partial charge in [0.1, 0.15) is 0 Å². The van der Waals surface area contributed by atoms with Crippen LogP contribution >= 0.6 is 23.4 Å². The third kappa shape index (κ3) is 3.81. The molecule has 4 aromatic rings. The maximum absolute atomic E-state index is 6.03. The molecule has 0 unspecified atom stereocenters. The van der Waals surface area contributed by atoms with Crippen molar-refractivity contribution in [1.29, 1.82) is 0 Å². The van der Waals surface area contributed by atoms with Crippen LogP contribution in [0.2, 0.25) is 5.02 Å². The minimum atomic E-state index is 0.513. The highest BCUT2D eigenvalue weighted by Gasteiger charge is 2.16. The normalized spacial score (nSPS) is 11.1. The molecule has 0 saturated heterocycles. The first-order chi connectivity index (χ1) is 13.7. The van der Waals surface area contributed by atoms with Crippen molar-refractivity contribution in [3.8, 4) is 22.8 Å². The lowest BCUT2D eigenvalue weighted by Crippen LogP contribution is -2.00. The molecule has 0 bridgehead atoms. The summed E-state index contributed by atoms with van der Waals surface area (Å²) in [4.78, 5) is 4.46. The summed E-state index contributed by atoms with van der Waals surface area (Å²) in [6.07, 6.45) is 0. The zero-order valence-corrected chi connectivity index (χ0v) is 17.0. The van der Waals surface area contributed by atoms with E-state index in [-0.39, 0.29) is 0 Å². The topological polar surface area (TPSA) is 69.6 Å². The monoisotopic (exact) mass is 411 g/mol. The average molecular weight is 412 g/mol. The molecule has 0 spiro atoms. The zero-order valence-electron chi connectivity index (χ0n) is 15.5. The van der Waals surface area contributed by atoms with Gasteiger partial charge in [0, 0.05) is 22.7 Å². The first kappa shape index (κ1) is 18.7. The molecule has 0 amide bonds. The number of hydrogen-bond acceptors (Lipinski definition) is 6. The summed E-state index contributed by atoms with van der Waals surface area (Å²) in [5, 5.41) is 14.3. The SMILES string of the molecule is CCn1c(SCc2nc(-c3cccc(Cl)c3)no2)nnc1-c1ccccc1C. The summed E-state index contributed by atoms with van der Waals surface area (Å²) in [5.74, 6) is 2.44. The molecule has 8 heteroatoms. The molecule has 4 rings (SSSR count). The zero-order chi connectivity index (χ0) is 19.5. The maximum atomic E-state index is 6.03. The summed E-state index contributed by atoms with van der Waals surface area (Å²) in [6.45, 7) is 4.93. The van der Waals surface area contributed by atoms with Gasteiger partial charge in [0.2, 0.25) is 11.7 Å². The van der Waals surface area contributed by atoms with Gasteiger partial charge in [-0.3, -0.25) is 0 Å². The minimum Gasteiger partial charge on any atom is -0.338 e. The molecule has 2 heterocycles. The van der Waals surface area contributed by atoms with Crippen LogP contribution < -0.4 is 0 Å². The Morgan fingerprint density at radius 1 is 1.11 bits per heavy atom.